The highest BCUT2D eigenvalue weighted by Crippen LogP contribution is 2.33. The highest BCUT2D eigenvalue weighted by molar-refractivity contribution is 7.15. The van der Waals surface area contributed by atoms with Crippen molar-refractivity contribution in [3.8, 4) is 0 Å². The summed E-state index contributed by atoms with van der Waals surface area (Å²) in [4.78, 5) is 0. The molecule has 1 heterocycles. The van der Waals surface area contributed by atoms with Gasteiger partial charge in [-0.3, -0.25) is 0 Å². The number of anilines is 1. The molecular formula is C9H15N3S. The van der Waals surface area contributed by atoms with Crippen LogP contribution in [0.2, 0.25) is 0 Å². The van der Waals surface area contributed by atoms with Gasteiger partial charge < -0.3 is 5.32 Å². The van der Waals surface area contributed by atoms with Gasteiger partial charge in [-0.2, -0.15) is 0 Å². The van der Waals surface area contributed by atoms with E-state index in [-0.39, 0.29) is 0 Å². The molecule has 0 bridgehead atoms. The summed E-state index contributed by atoms with van der Waals surface area (Å²) in [5, 5.41) is 13.2. The van der Waals surface area contributed by atoms with Crippen LogP contribution in [0.3, 0.4) is 0 Å². The van der Waals surface area contributed by atoms with E-state index in [2.05, 4.69) is 15.5 Å². The fourth-order valence-electron chi connectivity index (χ4n) is 1.36. The molecule has 3 nitrogen and oxygen atoms in total. The van der Waals surface area contributed by atoms with Crippen molar-refractivity contribution in [2.24, 2.45) is 5.92 Å². The minimum absolute atomic E-state index is 0.966. The molecule has 0 aromatic carbocycles. The Balaban J connectivity index is 1.61. The summed E-state index contributed by atoms with van der Waals surface area (Å²) in [6.07, 6.45) is 5.56. The lowest BCUT2D eigenvalue weighted by Gasteiger charge is -1.99. The standard InChI is InChI=1S/C9H15N3S/c1-7-11-12-9(13-7)10-6-2-3-8-4-5-8/h8H,2-6H2,1H3,(H,10,12). The summed E-state index contributed by atoms with van der Waals surface area (Å²) >= 11 is 1.63. The first-order chi connectivity index (χ1) is 6.34. The van der Waals surface area contributed by atoms with Gasteiger partial charge in [0.1, 0.15) is 5.01 Å². The number of nitrogens with one attached hydrogen (secondary N) is 1. The van der Waals surface area contributed by atoms with E-state index >= 15 is 0 Å². The van der Waals surface area contributed by atoms with Gasteiger partial charge >= 0.3 is 0 Å². The van der Waals surface area contributed by atoms with Crippen LogP contribution >= 0.6 is 11.3 Å². The van der Waals surface area contributed by atoms with Gasteiger partial charge in [-0.15, -0.1) is 10.2 Å². The average molecular weight is 197 g/mol. The predicted molar refractivity (Wildman–Crippen MR) is 55.1 cm³/mol. The molecule has 1 aromatic heterocycles. The van der Waals surface area contributed by atoms with E-state index < -0.39 is 0 Å². The van der Waals surface area contributed by atoms with Crippen LogP contribution in [0.4, 0.5) is 5.13 Å². The summed E-state index contributed by atoms with van der Waals surface area (Å²) < 4.78 is 0. The highest BCUT2D eigenvalue weighted by Gasteiger charge is 2.19. The van der Waals surface area contributed by atoms with E-state index in [1.807, 2.05) is 6.92 Å². The molecule has 1 N–H and O–H groups in total. The van der Waals surface area contributed by atoms with Crippen LogP contribution < -0.4 is 5.32 Å². The highest BCUT2D eigenvalue weighted by atomic mass is 32.1. The second kappa shape index (κ2) is 4.05. The Kier molecular flexibility index (Phi) is 2.78. The zero-order valence-electron chi connectivity index (χ0n) is 7.92. The largest absolute Gasteiger partial charge is 0.360 e. The van der Waals surface area contributed by atoms with E-state index in [0.717, 1.165) is 22.6 Å². The third-order valence-electron chi connectivity index (χ3n) is 2.29. The molecule has 4 heteroatoms. The molecule has 1 fully saturated rings. The maximum atomic E-state index is 4.01. The fraction of sp³-hybridized carbons (Fsp3) is 0.778. The van der Waals surface area contributed by atoms with E-state index in [4.69, 9.17) is 0 Å². The van der Waals surface area contributed by atoms with Gasteiger partial charge in [0.15, 0.2) is 0 Å². The molecule has 72 valence electrons. The van der Waals surface area contributed by atoms with Crippen molar-refractivity contribution in [2.75, 3.05) is 11.9 Å². The maximum Gasteiger partial charge on any atom is 0.205 e. The van der Waals surface area contributed by atoms with Crippen molar-refractivity contribution in [1.29, 1.82) is 0 Å². The second-order valence-corrected chi connectivity index (χ2v) is 4.82. The zero-order valence-corrected chi connectivity index (χ0v) is 8.73. The Morgan fingerprint density at radius 2 is 2.31 bits per heavy atom. The van der Waals surface area contributed by atoms with Crippen LogP contribution in [0.5, 0.6) is 0 Å². The van der Waals surface area contributed by atoms with Crippen molar-refractivity contribution in [3.05, 3.63) is 5.01 Å². The van der Waals surface area contributed by atoms with Gasteiger partial charge in [-0.25, -0.2) is 0 Å². The lowest BCUT2D eigenvalue weighted by Crippen LogP contribution is -2.01. The molecule has 0 spiro atoms. The first kappa shape index (κ1) is 8.94. The van der Waals surface area contributed by atoms with Crippen molar-refractivity contribution in [3.63, 3.8) is 0 Å². The fourth-order valence-corrected chi connectivity index (χ4v) is 1.98. The zero-order chi connectivity index (χ0) is 9.10. The summed E-state index contributed by atoms with van der Waals surface area (Å²) in [5.41, 5.74) is 0. The molecule has 0 atom stereocenters. The normalized spacial score (nSPS) is 16.1. The van der Waals surface area contributed by atoms with Gasteiger partial charge in [-0.1, -0.05) is 24.2 Å². The number of nitrogens with zero attached hydrogens (tertiary/aromatic N) is 2. The Morgan fingerprint density at radius 1 is 1.46 bits per heavy atom. The molecule has 0 radical (unpaired) electrons. The predicted octanol–water partition coefficient (Wildman–Crippen LogP) is 2.45. The van der Waals surface area contributed by atoms with Crippen LogP contribution in [-0.2, 0) is 0 Å². The third-order valence-corrected chi connectivity index (χ3v) is 3.08. The molecule has 1 aliphatic rings. The molecule has 0 saturated heterocycles. The number of hydrogen-bond acceptors (Lipinski definition) is 4. The second-order valence-electron chi connectivity index (χ2n) is 3.64. The van der Waals surface area contributed by atoms with Gasteiger partial charge in [-0.05, 0) is 25.7 Å². The number of aryl methyl sites for hydroxylation is 1. The van der Waals surface area contributed by atoms with Crippen LogP contribution in [0.25, 0.3) is 0 Å². The van der Waals surface area contributed by atoms with Crippen molar-refractivity contribution in [2.45, 2.75) is 32.6 Å². The Bertz CT molecular complexity index is 268. The summed E-state index contributed by atoms with van der Waals surface area (Å²) in [7, 11) is 0. The SMILES string of the molecule is Cc1nnc(NCCCC2CC2)s1. The first-order valence-corrected chi connectivity index (χ1v) is 5.70. The molecule has 1 saturated carbocycles. The lowest BCUT2D eigenvalue weighted by atomic mass is 10.2. The van der Waals surface area contributed by atoms with E-state index in [0.29, 0.717) is 0 Å². The Morgan fingerprint density at radius 3 is 2.92 bits per heavy atom. The quantitative estimate of drug-likeness (QED) is 0.737. The Labute approximate surface area is 82.6 Å². The number of rotatable bonds is 5. The van der Waals surface area contributed by atoms with Gasteiger partial charge in [0.25, 0.3) is 0 Å². The van der Waals surface area contributed by atoms with Crippen molar-refractivity contribution < 1.29 is 0 Å². The number of aromatic nitrogens is 2. The molecule has 2 rings (SSSR count). The minimum atomic E-state index is 0.966. The van der Waals surface area contributed by atoms with E-state index in [1.165, 1.54) is 25.7 Å². The third kappa shape index (κ3) is 2.95. The minimum Gasteiger partial charge on any atom is -0.360 e. The van der Waals surface area contributed by atoms with Crippen LogP contribution in [0, 0.1) is 12.8 Å². The summed E-state index contributed by atoms with van der Waals surface area (Å²) in [5.74, 6) is 1.04. The van der Waals surface area contributed by atoms with Crippen LogP contribution in [-0.4, -0.2) is 16.7 Å². The molecule has 13 heavy (non-hydrogen) atoms. The van der Waals surface area contributed by atoms with Crippen LogP contribution in [0.15, 0.2) is 0 Å². The van der Waals surface area contributed by atoms with Gasteiger partial charge in [0.2, 0.25) is 5.13 Å². The molecule has 0 unspecified atom stereocenters. The van der Waals surface area contributed by atoms with Gasteiger partial charge in [0, 0.05) is 6.54 Å². The van der Waals surface area contributed by atoms with Crippen LogP contribution in [0.1, 0.15) is 30.7 Å². The molecule has 1 aliphatic carbocycles. The maximum absolute atomic E-state index is 4.01. The molecular weight excluding hydrogens is 182 g/mol. The monoisotopic (exact) mass is 197 g/mol. The smallest absolute Gasteiger partial charge is 0.205 e. The summed E-state index contributed by atoms with van der Waals surface area (Å²) in [6.45, 7) is 3.03. The number of hydrogen-bond donors (Lipinski definition) is 1. The first-order valence-electron chi connectivity index (χ1n) is 4.88. The Hall–Kier alpha value is -0.640. The lowest BCUT2D eigenvalue weighted by molar-refractivity contribution is 0.687. The van der Waals surface area contributed by atoms with E-state index in [9.17, 15) is 0 Å². The summed E-state index contributed by atoms with van der Waals surface area (Å²) in [6, 6.07) is 0. The molecule has 0 aliphatic heterocycles. The molecule has 0 amide bonds. The van der Waals surface area contributed by atoms with E-state index in [1.54, 1.807) is 11.3 Å². The topological polar surface area (TPSA) is 37.8 Å². The average Bonchev–Trinajstić information content (AvgIpc) is 2.84. The van der Waals surface area contributed by atoms with Gasteiger partial charge in [0.05, 0.1) is 0 Å². The molecule has 1 aromatic rings. The van der Waals surface area contributed by atoms with Crippen molar-refractivity contribution in [1.82, 2.24) is 10.2 Å². The van der Waals surface area contributed by atoms with Crippen molar-refractivity contribution >= 4 is 16.5 Å².